The summed E-state index contributed by atoms with van der Waals surface area (Å²) < 4.78 is 26.4. The summed E-state index contributed by atoms with van der Waals surface area (Å²) in [5.41, 5.74) is 1.79. The molecule has 0 radical (unpaired) electrons. The maximum Gasteiger partial charge on any atom is 0.243 e. The molecule has 2 amide bonds. The fraction of sp³-hybridized carbons (Fsp3) is 0.250. The molecule has 0 aromatic heterocycles. The molecular formula is C20H18F2N2O3. The van der Waals surface area contributed by atoms with Crippen LogP contribution in [-0.2, 0) is 27.2 Å². The van der Waals surface area contributed by atoms with Crippen LogP contribution in [0.4, 0.5) is 8.78 Å². The fourth-order valence-electron chi connectivity index (χ4n) is 3.12. The van der Waals surface area contributed by atoms with Gasteiger partial charge in [0, 0.05) is 12.5 Å². The molecule has 0 spiro atoms. The quantitative estimate of drug-likeness (QED) is 0.843. The van der Waals surface area contributed by atoms with Gasteiger partial charge < -0.3 is 10.6 Å². The summed E-state index contributed by atoms with van der Waals surface area (Å²) in [6.07, 6.45) is -0.00944. The van der Waals surface area contributed by atoms with Gasteiger partial charge in [-0.25, -0.2) is 8.78 Å². The Labute approximate surface area is 154 Å². The number of rotatable bonds is 5. The molecule has 0 aliphatic heterocycles. The molecule has 2 aromatic rings. The van der Waals surface area contributed by atoms with Crippen molar-refractivity contribution in [3.63, 3.8) is 0 Å². The Morgan fingerprint density at radius 3 is 2.52 bits per heavy atom. The van der Waals surface area contributed by atoms with Crippen LogP contribution in [0.1, 0.15) is 29.7 Å². The largest absolute Gasteiger partial charge is 0.344 e. The van der Waals surface area contributed by atoms with E-state index in [0.717, 1.165) is 23.3 Å². The molecule has 1 unspecified atom stereocenters. The molecule has 27 heavy (non-hydrogen) atoms. The highest BCUT2D eigenvalue weighted by Gasteiger charge is 2.32. The van der Waals surface area contributed by atoms with Crippen molar-refractivity contribution in [3.8, 4) is 0 Å². The standard InChI is InChI=1S/C20H18F2N2O3/c1-11(23-18(26)8-12-6-14(21)10-15(22)7-12)20(27)24-19-16-5-3-2-4-13(16)9-17(19)25/h2-7,10-11,19H,8-9H2,1H3,(H,23,26)(H,24,27)/t11-,19?/m0/s1. The first-order valence-electron chi connectivity index (χ1n) is 8.48. The van der Waals surface area contributed by atoms with E-state index in [4.69, 9.17) is 0 Å². The second-order valence-corrected chi connectivity index (χ2v) is 6.53. The van der Waals surface area contributed by atoms with E-state index >= 15 is 0 Å². The number of ketones is 1. The smallest absolute Gasteiger partial charge is 0.243 e. The van der Waals surface area contributed by atoms with Gasteiger partial charge in [-0.1, -0.05) is 24.3 Å². The number of hydrogen-bond donors (Lipinski definition) is 2. The highest BCUT2D eigenvalue weighted by molar-refractivity contribution is 5.97. The van der Waals surface area contributed by atoms with Gasteiger partial charge >= 0.3 is 0 Å². The van der Waals surface area contributed by atoms with Crippen LogP contribution in [-0.4, -0.2) is 23.6 Å². The number of halogens is 2. The van der Waals surface area contributed by atoms with E-state index in [1.54, 1.807) is 12.1 Å². The highest BCUT2D eigenvalue weighted by atomic mass is 19.1. The predicted octanol–water partition coefficient (Wildman–Crippen LogP) is 1.99. The second-order valence-electron chi connectivity index (χ2n) is 6.53. The molecule has 0 heterocycles. The number of hydrogen-bond acceptors (Lipinski definition) is 3. The molecule has 7 heteroatoms. The molecular weight excluding hydrogens is 354 g/mol. The maximum absolute atomic E-state index is 13.2. The third-order valence-electron chi connectivity index (χ3n) is 4.40. The molecule has 0 saturated heterocycles. The molecule has 1 aliphatic rings. The molecule has 3 rings (SSSR count). The fourth-order valence-corrected chi connectivity index (χ4v) is 3.12. The summed E-state index contributed by atoms with van der Waals surface area (Å²) in [7, 11) is 0. The minimum atomic E-state index is -0.906. The van der Waals surface area contributed by atoms with E-state index in [1.165, 1.54) is 6.92 Å². The summed E-state index contributed by atoms with van der Waals surface area (Å²) in [6.45, 7) is 1.48. The number of amides is 2. The Balaban J connectivity index is 1.59. The molecule has 2 atom stereocenters. The molecule has 2 aromatic carbocycles. The van der Waals surface area contributed by atoms with Gasteiger partial charge in [-0.05, 0) is 35.7 Å². The lowest BCUT2D eigenvalue weighted by atomic mass is 10.1. The summed E-state index contributed by atoms with van der Waals surface area (Å²) in [5.74, 6) is -2.73. The number of carbonyl (C=O) groups is 3. The number of carbonyl (C=O) groups excluding carboxylic acids is 3. The molecule has 0 bridgehead atoms. The molecule has 140 valence electrons. The van der Waals surface area contributed by atoms with Crippen molar-refractivity contribution in [1.29, 1.82) is 0 Å². The minimum absolute atomic E-state index is 0.113. The van der Waals surface area contributed by atoms with Crippen LogP contribution in [0.15, 0.2) is 42.5 Å². The average molecular weight is 372 g/mol. The van der Waals surface area contributed by atoms with Crippen molar-refractivity contribution in [2.45, 2.75) is 31.8 Å². The van der Waals surface area contributed by atoms with Crippen LogP contribution >= 0.6 is 0 Å². The van der Waals surface area contributed by atoms with Gasteiger partial charge in [-0.15, -0.1) is 0 Å². The number of benzene rings is 2. The zero-order valence-corrected chi connectivity index (χ0v) is 14.6. The molecule has 5 nitrogen and oxygen atoms in total. The van der Waals surface area contributed by atoms with Crippen LogP contribution in [0, 0.1) is 11.6 Å². The molecule has 0 fully saturated rings. The monoisotopic (exact) mass is 372 g/mol. The van der Waals surface area contributed by atoms with Crippen LogP contribution in [0.25, 0.3) is 0 Å². The van der Waals surface area contributed by atoms with Gasteiger partial charge in [0.2, 0.25) is 11.8 Å². The number of fused-ring (bicyclic) bond motifs is 1. The maximum atomic E-state index is 13.2. The van der Waals surface area contributed by atoms with Crippen molar-refractivity contribution >= 4 is 17.6 Å². The predicted molar refractivity (Wildman–Crippen MR) is 93.7 cm³/mol. The number of Topliss-reactive ketones (excluding diaryl/α,β-unsaturated/α-hetero) is 1. The van der Waals surface area contributed by atoms with Crippen molar-refractivity contribution < 1.29 is 23.2 Å². The zero-order valence-electron chi connectivity index (χ0n) is 14.6. The second kappa shape index (κ2) is 7.65. The summed E-state index contributed by atoms with van der Waals surface area (Å²) >= 11 is 0. The van der Waals surface area contributed by atoms with E-state index in [1.807, 2.05) is 12.1 Å². The van der Waals surface area contributed by atoms with Gasteiger partial charge in [-0.3, -0.25) is 14.4 Å². The molecule has 0 saturated carbocycles. The van der Waals surface area contributed by atoms with Crippen molar-refractivity contribution in [2.24, 2.45) is 0 Å². The van der Waals surface area contributed by atoms with Crippen molar-refractivity contribution in [1.82, 2.24) is 10.6 Å². The first kappa shape index (κ1) is 18.7. The van der Waals surface area contributed by atoms with E-state index in [0.29, 0.717) is 6.07 Å². The van der Waals surface area contributed by atoms with Crippen LogP contribution in [0.3, 0.4) is 0 Å². The van der Waals surface area contributed by atoms with Gasteiger partial charge in [-0.2, -0.15) is 0 Å². The SMILES string of the molecule is C[C@H](NC(=O)Cc1cc(F)cc(F)c1)C(=O)NC1C(=O)Cc2ccccc21. The normalized spacial score (nSPS) is 16.6. The Morgan fingerprint density at radius 2 is 1.81 bits per heavy atom. The van der Waals surface area contributed by atoms with E-state index in [9.17, 15) is 23.2 Å². The van der Waals surface area contributed by atoms with E-state index in [2.05, 4.69) is 10.6 Å². The van der Waals surface area contributed by atoms with Gasteiger partial charge in [0.15, 0.2) is 5.78 Å². The minimum Gasteiger partial charge on any atom is -0.344 e. The lowest BCUT2D eigenvalue weighted by Gasteiger charge is -2.18. The molecule has 1 aliphatic carbocycles. The third-order valence-corrected chi connectivity index (χ3v) is 4.40. The van der Waals surface area contributed by atoms with Crippen LogP contribution < -0.4 is 10.6 Å². The van der Waals surface area contributed by atoms with Crippen LogP contribution in [0.2, 0.25) is 0 Å². The first-order valence-corrected chi connectivity index (χ1v) is 8.48. The third kappa shape index (κ3) is 4.36. The Morgan fingerprint density at radius 1 is 1.15 bits per heavy atom. The zero-order chi connectivity index (χ0) is 19.6. The summed E-state index contributed by atoms with van der Waals surface area (Å²) in [6, 6.07) is 8.43. The summed E-state index contributed by atoms with van der Waals surface area (Å²) in [5, 5.41) is 5.12. The number of nitrogens with one attached hydrogen (secondary N) is 2. The van der Waals surface area contributed by atoms with Gasteiger partial charge in [0.05, 0.1) is 6.42 Å². The first-order chi connectivity index (χ1) is 12.8. The Kier molecular flexibility index (Phi) is 5.30. The topological polar surface area (TPSA) is 75.3 Å². The van der Waals surface area contributed by atoms with Gasteiger partial charge in [0.25, 0.3) is 0 Å². The van der Waals surface area contributed by atoms with Gasteiger partial charge in [0.1, 0.15) is 23.7 Å². The average Bonchev–Trinajstić information content (AvgIpc) is 2.89. The highest BCUT2D eigenvalue weighted by Crippen LogP contribution is 2.28. The van der Waals surface area contributed by atoms with Crippen LogP contribution in [0.5, 0.6) is 0 Å². The Hall–Kier alpha value is -3.09. The summed E-state index contributed by atoms with van der Waals surface area (Å²) in [4.78, 5) is 36.5. The Bertz CT molecular complexity index is 894. The molecule has 2 N–H and O–H groups in total. The lowest BCUT2D eigenvalue weighted by molar-refractivity contribution is -0.130. The van der Waals surface area contributed by atoms with Crippen molar-refractivity contribution in [3.05, 3.63) is 70.8 Å². The lowest BCUT2D eigenvalue weighted by Crippen LogP contribution is -2.47. The van der Waals surface area contributed by atoms with Crippen molar-refractivity contribution in [2.75, 3.05) is 0 Å². The van der Waals surface area contributed by atoms with E-state index < -0.39 is 35.5 Å². The van der Waals surface area contributed by atoms with E-state index in [-0.39, 0.29) is 24.2 Å².